The predicted octanol–water partition coefficient (Wildman–Crippen LogP) is 5.15. The molecule has 6 nitrogen and oxygen atoms in total. The van der Waals surface area contributed by atoms with Gasteiger partial charge in [0.25, 0.3) is 0 Å². The van der Waals surface area contributed by atoms with Crippen molar-refractivity contribution in [3.05, 3.63) is 60.4 Å². The number of benzene rings is 1. The zero-order valence-electron chi connectivity index (χ0n) is 19.6. The third-order valence-corrected chi connectivity index (χ3v) is 5.10. The minimum atomic E-state index is -0.680. The highest BCUT2D eigenvalue weighted by molar-refractivity contribution is 9.09. The lowest BCUT2D eigenvalue weighted by atomic mass is 10.1. The number of carbonyl (C=O) groups is 1. The second kappa shape index (κ2) is 15.9. The van der Waals surface area contributed by atoms with E-state index in [-0.39, 0.29) is 11.0 Å². The van der Waals surface area contributed by atoms with Gasteiger partial charge in [-0.1, -0.05) is 53.6 Å². The van der Waals surface area contributed by atoms with Crippen LogP contribution in [0.1, 0.15) is 39.2 Å². The van der Waals surface area contributed by atoms with E-state index in [1.807, 2.05) is 30.4 Å². The average Bonchev–Trinajstić information content (AvgIpc) is 2.81. The quantitative estimate of drug-likeness (QED) is 0.170. The largest absolute Gasteiger partial charge is 0.493 e. The van der Waals surface area contributed by atoms with Crippen LogP contribution < -0.4 is 9.47 Å². The number of rotatable bonds is 16. The molecule has 0 amide bonds. The molecule has 2 atom stereocenters. The zero-order valence-corrected chi connectivity index (χ0v) is 21.2. The first-order valence-electron chi connectivity index (χ1n) is 11.3. The van der Waals surface area contributed by atoms with E-state index in [4.69, 9.17) is 23.7 Å². The van der Waals surface area contributed by atoms with Crippen LogP contribution in [0.3, 0.4) is 0 Å². The van der Waals surface area contributed by atoms with Crippen molar-refractivity contribution in [2.24, 2.45) is 0 Å². The van der Waals surface area contributed by atoms with Gasteiger partial charge in [0.05, 0.1) is 33.0 Å². The van der Waals surface area contributed by atoms with Crippen LogP contribution >= 0.6 is 15.9 Å². The number of carbonyl (C=O) groups excluding carboxylic acids is 1. The second-order valence-electron chi connectivity index (χ2n) is 7.31. The lowest BCUT2D eigenvalue weighted by Gasteiger charge is -2.19. The Labute approximate surface area is 206 Å². The van der Waals surface area contributed by atoms with E-state index in [9.17, 15) is 4.79 Å². The van der Waals surface area contributed by atoms with Gasteiger partial charge in [-0.25, -0.2) is 4.79 Å². The Morgan fingerprint density at radius 1 is 1.18 bits per heavy atom. The minimum Gasteiger partial charge on any atom is -0.493 e. The molecule has 0 bridgehead atoms. The van der Waals surface area contributed by atoms with Crippen LogP contribution in [-0.2, 0) is 25.4 Å². The van der Waals surface area contributed by atoms with Crippen molar-refractivity contribution in [2.45, 2.75) is 51.2 Å². The fourth-order valence-corrected chi connectivity index (χ4v) is 3.39. The molecule has 2 unspecified atom stereocenters. The van der Waals surface area contributed by atoms with Crippen LogP contribution in [0.5, 0.6) is 11.5 Å². The molecule has 0 fully saturated rings. The molecular weight excluding hydrogens is 488 g/mol. The van der Waals surface area contributed by atoms with E-state index in [2.05, 4.69) is 35.7 Å². The van der Waals surface area contributed by atoms with Gasteiger partial charge in [-0.05, 0) is 38.0 Å². The Balaban J connectivity index is 1.74. The van der Waals surface area contributed by atoms with E-state index in [1.54, 1.807) is 19.9 Å². The van der Waals surface area contributed by atoms with Crippen molar-refractivity contribution in [3.63, 3.8) is 0 Å². The maximum Gasteiger partial charge on any atom is 0.347 e. The van der Waals surface area contributed by atoms with Crippen LogP contribution in [0, 0.1) is 12.8 Å². The third-order valence-electron chi connectivity index (χ3n) is 4.57. The molecule has 4 radical (unpaired) electrons. The maximum atomic E-state index is 11.9. The molecule has 0 spiro atoms. The lowest BCUT2D eigenvalue weighted by Crippen LogP contribution is -2.26. The normalized spacial score (nSPS) is 15.0. The van der Waals surface area contributed by atoms with E-state index in [1.165, 1.54) is 0 Å². The molecule has 0 heterocycles. The number of alkyl halides is 1. The van der Waals surface area contributed by atoms with Crippen LogP contribution in [0.15, 0.2) is 42.0 Å². The first-order chi connectivity index (χ1) is 16.0. The first kappa shape index (κ1) is 27.4. The summed E-state index contributed by atoms with van der Waals surface area (Å²) >= 11 is 3.48. The molecular formula is C26H33BrO6. The molecule has 0 aromatic heterocycles. The summed E-state index contributed by atoms with van der Waals surface area (Å²) in [5.41, 5.74) is 1.91. The summed E-state index contributed by atoms with van der Waals surface area (Å²) in [6.45, 7) is 7.82. The number of allylic oxidation sites excluding steroid dienone is 3. The summed E-state index contributed by atoms with van der Waals surface area (Å²) < 4.78 is 28.3. The third kappa shape index (κ3) is 10.3. The molecule has 33 heavy (non-hydrogen) atoms. The van der Waals surface area contributed by atoms with E-state index in [0.29, 0.717) is 38.8 Å². The number of hydrogen-bond donors (Lipinski definition) is 0. The van der Waals surface area contributed by atoms with Crippen molar-refractivity contribution < 1.29 is 28.5 Å². The maximum absolute atomic E-state index is 11.9. The van der Waals surface area contributed by atoms with Gasteiger partial charge in [-0.2, -0.15) is 0 Å². The average molecular weight is 521 g/mol. The summed E-state index contributed by atoms with van der Waals surface area (Å²) in [6.07, 6.45) is 13.3. The van der Waals surface area contributed by atoms with Gasteiger partial charge in [0.2, 0.25) is 0 Å². The minimum absolute atomic E-state index is 0.193. The van der Waals surface area contributed by atoms with Crippen LogP contribution in [0.4, 0.5) is 0 Å². The molecule has 1 aliphatic carbocycles. The van der Waals surface area contributed by atoms with Gasteiger partial charge < -0.3 is 23.7 Å². The van der Waals surface area contributed by atoms with Gasteiger partial charge in [0, 0.05) is 24.8 Å². The van der Waals surface area contributed by atoms with Crippen molar-refractivity contribution in [1.82, 2.24) is 0 Å². The van der Waals surface area contributed by atoms with Gasteiger partial charge >= 0.3 is 5.97 Å². The monoisotopic (exact) mass is 520 g/mol. The van der Waals surface area contributed by atoms with Crippen molar-refractivity contribution >= 4 is 21.9 Å². The summed E-state index contributed by atoms with van der Waals surface area (Å²) in [5, 5.41) is -0.193. The number of hydrogen-bond acceptors (Lipinski definition) is 6. The molecule has 0 aliphatic heterocycles. The fourth-order valence-electron chi connectivity index (χ4n) is 3.02. The molecule has 1 aliphatic rings. The standard InChI is InChI=1S/C26H33BrO6/c1-4-11-22-23(14-9-15-24(22)33-20(3)26(28)30-5-2)31-16-10-17-32-25(27)19-29-18-21-12-7-6-8-13-21/h6-7,9,12,14-15,20,25H,4-5,10-11,16-19H2,1-3H3. The molecule has 1 aromatic carbocycles. The molecule has 180 valence electrons. The molecule has 0 N–H and O–H groups in total. The summed E-state index contributed by atoms with van der Waals surface area (Å²) in [4.78, 5) is 11.9. The van der Waals surface area contributed by atoms with Crippen molar-refractivity contribution in [2.75, 3.05) is 33.0 Å². The highest BCUT2D eigenvalue weighted by Gasteiger charge is 2.19. The molecule has 1 aromatic rings. The van der Waals surface area contributed by atoms with Crippen LogP contribution in [0.25, 0.3) is 0 Å². The van der Waals surface area contributed by atoms with E-state index < -0.39 is 6.10 Å². The highest BCUT2D eigenvalue weighted by Crippen LogP contribution is 2.31. The topological polar surface area (TPSA) is 63.2 Å². The molecule has 0 saturated heterocycles. The summed E-state index contributed by atoms with van der Waals surface area (Å²) in [6, 6.07) is 5.65. The summed E-state index contributed by atoms with van der Waals surface area (Å²) in [7, 11) is 0. The Bertz CT molecular complexity index is 776. The number of ether oxygens (including phenoxy) is 5. The second-order valence-corrected chi connectivity index (χ2v) is 8.33. The van der Waals surface area contributed by atoms with Crippen LogP contribution in [-0.4, -0.2) is 50.1 Å². The molecule has 2 rings (SSSR count). The lowest BCUT2D eigenvalue weighted by molar-refractivity contribution is -0.150. The van der Waals surface area contributed by atoms with Crippen molar-refractivity contribution in [3.8, 4) is 11.5 Å². The highest BCUT2D eigenvalue weighted by atomic mass is 79.9. The molecule has 0 saturated carbocycles. The van der Waals surface area contributed by atoms with Gasteiger partial charge in [-0.3, -0.25) is 0 Å². The van der Waals surface area contributed by atoms with E-state index >= 15 is 0 Å². The number of esters is 1. The predicted molar refractivity (Wildman–Crippen MR) is 130 cm³/mol. The van der Waals surface area contributed by atoms with Crippen molar-refractivity contribution in [1.29, 1.82) is 0 Å². The Hall–Kier alpha value is -1.83. The molecule has 7 heteroatoms. The zero-order chi connectivity index (χ0) is 23.9. The van der Waals surface area contributed by atoms with Gasteiger partial charge in [0.15, 0.2) is 6.10 Å². The van der Waals surface area contributed by atoms with Gasteiger partial charge in [0.1, 0.15) is 16.5 Å². The summed E-state index contributed by atoms with van der Waals surface area (Å²) in [5.74, 6) is 1.04. The van der Waals surface area contributed by atoms with Crippen LogP contribution in [0.2, 0.25) is 0 Å². The Kier molecular flexibility index (Phi) is 13.2. The van der Waals surface area contributed by atoms with Gasteiger partial charge in [-0.15, -0.1) is 0 Å². The SMILES string of the molecule is CCCc1c(OCCCOC(Br)COCC2=CC=C[C][C]2)cccc1OC(C)C(=O)OCC. The van der Waals surface area contributed by atoms with E-state index in [0.717, 1.165) is 36.1 Å². The smallest absolute Gasteiger partial charge is 0.347 e. The number of halogens is 1. The fraction of sp³-hybridized carbons (Fsp3) is 0.500. The Morgan fingerprint density at radius 3 is 2.73 bits per heavy atom. The first-order valence-corrected chi connectivity index (χ1v) is 12.2. The Morgan fingerprint density at radius 2 is 2.00 bits per heavy atom.